The zero-order chi connectivity index (χ0) is 14.4. The predicted octanol–water partition coefficient (Wildman–Crippen LogP) is 2.20. The molecule has 5 heteroatoms. The van der Waals surface area contributed by atoms with E-state index in [-0.39, 0.29) is 6.04 Å². The van der Waals surface area contributed by atoms with Crippen LogP contribution in [0.3, 0.4) is 0 Å². The molecule has 0 spiro atoms. The van der Waals surface area contributed by atoms with Gasteiger partial charge in [0, 0.05) is 6.54 Å². The molecule has 0 aliphatic carbocycles. The first-order valence-electron chi connectivity index (χ1n) is 6.50. The minimum atomic E-state index is 0.265. The topological polar surface area (TPSA) is 50.3 Å². The van der Waals surface area contributed by atoms with Gasteiger partial charge in [0.1, 0.15) is 12.1 Å². The molecule has 0 amide bonds. The highest BCUT2D eigenvalue weighted by Crippen LogP contribution is 2.21. The highest BCUT2D eigenvalue weighted by molar-refractivity contribution is 5.38. The van der Waals surface area contributed by atoms with Gasteiger partial charge in [0.15, 0.2) is 0 Å². The number of anilines is 1. The predicted molar refractivity (Wildman–Crippen MR) is 79.9 cm³/mol. The van der Waals surface area contributed by atoms with Gasteiger partial charge >= 0.3 is 0 Å². The van der Waals surface area contributed by atoms with Crippen molar-refractivity contribution in [2.45, 2.75) is 6.04 Å². The van der Waals surface area contributed by atoms with Crippen molar-refractivity contribution >= 4 is 5.69 Å². The van der Waals surface area contributed by atoms with Gasteiger partial charge in [0.25, 0.3) is 0 Å². The van der Waals surface area contributed by atoms with Crippen LogP contribution >= 0.6 is 0 Å². The summed E-state index contributed by atoms with van der Waals surface area (Å²) in [5, 5.41) is 3.36. The van der Waals surface area contributed by atoms with Crippen LogP contribution in [0.15, 0.2) is 43.0 Å². The Kier molecular flexibility index (Phi) is 4.90. The fourth-order valence-corrected chi connectivity index (χ4v) is 2.03. The number of nitrogens with zero attached hydrogens (tertiary/aromatic N) is 3. The molecule has 0 radical (unpaired) electrons. The fourth-order valence-electron chi connectivity index (χ4n) is 2.03. The van der Waals surface area contributed by atoms with Crippen LogP contribution in [-0.2, 0) is 0 Å². The van der Waals surface area contributed by atoms with Gasteiger partial charge in [-0.05, 0) is 31.8 Å². The van der Waals surface area contributed by atoms with Crippen LogP contribution in [0, 0.1) is 0 Å². The van der Waals surface area contributed by atoms with E-state index >= 15 is 0 Å². The van der Waals surface area contributed by atoms with E-state index in [4.69, 9.17) is 4.74 Å². The van der Waals surface area contributed by atoms with E-state index in [9.17, 15) is 0 Å². The molecule has 5 nitrogen and oxygen atoms in total. The van der Waals surface area contributed by atoms with Crippen molar-refractivity contribution in [1.29, 1.82) is 0 Å². The van der Waals surface area contributed by atoms with Crippen molar-refractivity contribution in [1.82, 2.24) is 14.9 Å². The van der Waals surface area contributed by atoms with Crippen LogP contribution in [0.5, 0.6) is 5.75 Å². The normalized spacial score (nSPS) is 12.2. The number of hydrogen-bond donors (Lipinski definition) is 1. The van der Waals surface area contributed by atoms with E-state index in [1.54, 1.807) is 19.5 Å². The second-order valence-electron chi connectivity index (χ2n) is 4.76. The summed E-state index contributed by atoms with van der Waals surface area (Å²) < 4.78 is 5.19. The van der Waals surface area contributed by atoms with Crippen molar-refractivity contribution in [2.24, 2.45) is 0 Å². The van der Waals surface area contributed by atoms with Crippen LogP contribution in [0.1, 0.15) is 11.6 Å². The Morgan fingerprint density at radius 1 is 1.15 bits per heavy atom. The van der Waals surface area contributed by atoms with Gasteiger partial charge in [-0.1, -0.05) is 12.1 Å². The maximum Gasteiger partial charge on any atom is 0.118 e. The quantitative estimate of drug-likeness (QED) is 0.873. The summed E-state index contributed by atoms with van der Waals surface area (Å²) in [6.45, 7) is 0.784. The van der Waals surface area contributed by atoms with Gasteiger partial charge in [-0.25, -0.2) is 9.97 Å². The molecular formula is C15H20N4O. The van der Waals surface area contributed by atoms with Crippen molar-refractivity contribution in [2.75, 3.05) is 33.1 Å². The number of aromatic nitrogens is 2. The monoisotopic (exact) mass is 272 g/mol. The maximum atomic E-state index is 5.19. The molecular weight excluding hydrogens is 252 g/mol. The summed E-state index contributed by atoms with van der Waals surface area (Å²) >= 11 is 0. The van der Waals surface area contributed by atoms with Crippen LogP contribution in [0.25, 0.3) is 0 Å². The lowest BCUT2D eigenvalue weighted by Gasteiger charge is -2.25. The molecule has 0 saturated carbocycles. The second kappa shape index (κ2) is 6.86. The molecule has 0 aliphatic heterocycles. The van der Waals surface area contributed by atoms with Gasteiger partial charge in [0.2, 0.25) is 0 Å². The lowest BCUT2D eigenvalue weighted by molar-refractivity contribution is 0.311. The first kappa shape index (κ1) is 14.3. The number of benzene rings is 1. The summed E-state index contributed by atoms with van der Waals surface area (Å²) in [4.78, 5) is 10.2. The summed E-state index contributed by atoms with van der Waals surface area (Å²) in [5.41, 5.74) is 2.16. The van der Waals surface area contributed by atoms with E-state index in [1.165, 1.54) is 11.9 Å². The highest BCUT2D eigenvalue weighted by atomic mass is 16.5. The minimum absolute atomic E-state index is 0.265. The number of ether oxygens (including phenoxy) is 1. The summed E-state index contributed by atoms with van der Waals surface area (Å²) in [6, 6.07) is 8.41. The van der Waals surface area contributed by atoms with Gasteiger partial charge < -0.3 is 15.0 Å². The molecule has 0 saturated heterocycles. The Morgan fingerprint density at radius 2 is 1.80 bits per heavy atom. The van der Waals surface area contributed by atoms with E-state index in [1.807, 2.05) is 12.1 Å². The third kappa shape index (κ3) is 3.68. The minimum Gasteiger partial charge on any atom is -0.497 e. The number of hydrogen-bond acceptors (Lipinski definition) is 5. The molecule has 0 bridgehead atoms. The Labute approximate surface area is 119 Å². The number of nitrogens with one attached hydrogen (secondary N) is 1. The molecule has 1 N–H and O–H groups in total. The van der Waals surface area contributed by atoms with Crippen molar-refractivity contribution in [3.05, 3.63) is 48.5 Å². The molecule has 1 unspecified atom stereocenters. The first-order valence-corrected chi connectivity index (χ1v) is 6.50. The zero-order valence-corrected chi connectivity index (χ0v) is 12.1. The van der Waals surface area contributed by atoms with Crippen molar-refractivity contribution in [3.63, 3.8) is 0 Å². The standard InChI is InChI=1S/C15H20N4O/c1-19(2)15(10-18-13-8-16-11-17-9-13)12-4-6-14(20-3)7-5-12/h4-9,11,15,18H,10H2,1-3H3. The van der Waals surface area contributed by atoms with E-state index in [0.29, 0.717) is 0 Å². The van der Waals surface area contributed by atoms with Gasteiger partial charge in [-0.2, -0.15) is 0 Å². The average Bonchev–Trinajstić information content (AvgIpc) is 2.49. The molecule has 1 atom stereocenters. The molecule has 1 aromatic carbocycles. The molecule has 2 aromatic rings. The van der Waals surface area contributed by atoms with E-state index in [2.05, 4.69) is 46.4 Å². The Bertz CT molecular complexity index is 513. The molecule has 1 aromatic heterocycles. The Hall–Kier alpha value is -2.14. The van der Waals surface area contributed by atoms with E-state index < -0.39 is 0 Å². The van der Waals surface area contributed by atoms with Crippen molar-refractivity contribution in [3.8, 4) is 5.75 Å². The molecule has 0 aliphatic rings. The fraction of sp³-hybridized carbons (Fsp3) is 0.333. The molecule has 2 rings (SSSR count). The van der Waals surface area contributed by atoms with Crippen LogP contribution in [0.4, 0.5) is 5.69 Å². The highest BCUT2D eigenvalue weighted by Gasteiger charge is 2.14. The van der Waals surface area contributed by atoms with Gasteiger partial charge in [-0.15, -0.1) is 0 Å². The Morgan fingerprint density at radius 3 is 2.35 bits per heavy atom. The van der Waals surface area contributed by atoms with E-state index in [0.717, 1.165) is 18.0 Å². The number of likely N-dealkylation sites (N-methyl/N-ethyl adjacent to an activating group) is 1. The zero-order valence-electron chi connectivity index (χ0n) is 12.1. The first-order chi connectivity index (χ1) is 9.70. The molecule has 20 heavy (non-hydrogen) atoms. The molecule has 1 heterocycles. The molecule has 0 fully saturated rings. The largest absolute Gasteiger partial charge is 0.497 e. The summed E-state index contributed by atoms with van der Waals surface area (Å²) in [6.07, 6.45) is 5.07. The molecule has 106 valence electrons. The lowest BCUT2D eigenvalue weighted by Crippen LogP contribution is -2.26. The van der Waals surface area contributed by atoms with Gasteiger partial charge in [-0.3, -0.25) is 0 Å². The summed E-state index contributed by atoms with van der Waals surface area (Å²) in [5.74, 6) is 0.871. The van der Waals surface area contributed by atoms with Crippen LogP contribution < -0.4 is 10.1 Å². The number of rotatable bonds is 6. The lowest BCUT2D eigenvalue weighted by atomic mass is 10.1. The van der Waals surface area contributed by atoms with Crippen LogP contribution in [-0.4, -0.2) is 42.6 Å². The SMILES string of the molecule is COc1ccc(C(CNc2cncnc2)N(C)C)cc1. The maximum absolute atomic E-state index is 5.19. The third-order valence-corrected chi connectivity index (χ3v) is 3.18. The third-order valence-electron chi connectivity index (χ3n) is 3.18. The smallest absolute Gasteiger partial charge is 0.118 e. The van der Waals surface area contributed by atoms with Crippen molar-refractivity contribution < 1.29 is 4.74 Å². The van der Waals surface area contributed by atoms with Crippen LogP contribution in [0.2, 0.25) is 0 Å². The van der Waals surface area contributed by atoms with Gasteiger partial charge in [0.05, 0.1) is 31.2 Å². The second-order valence-corrected chi connectivity index (χ2v) is 4.76. The Balaban J connectivity index is 2.06. The number of methoxy groups -OCH3 is 1. The average molecular weight is 272 g/mol. The summed E-state index contributed by atoms with van der Waals surface area (Å²) in [7, 11) is 5.81.